The highest BCUT2D eigenvalue weighted by Crippen LogP contribution is 2.21. The summed E-state index contributed by atoms with van der Waals surface area (Å²) in [6.07, 6.45) is 0.707. The zero-order valence-electron chi connectivity index (χ0n) is 12.2. The van der Waals surface area contributed by atoms with E-state index in [-0.39, 0.29) is 11.8 Å². The van der Waals surface area contributed by atoms with E-state index < -0.39 is 11.6 Å². The largest absolute Gasteiger partial charge is 0.382 e. The van der Waals surface area contributed by atoms with Crippen molar-refractivity contribution in [3.05, 3.63) is 0 Å². The van der Waals surface area contributed by atoms with Gasteiger partial charge in [0.25, 0.3) is 0 Å². The fourth-order valence-electron chi connectivity index (χ4n) is 2.03. The maximum atomic E-state index is 12.1. The summed E-state index contributed by atoms with van der Waals surface area (Å²) in [6.45, 7) is 7.42. The molecule has 1 fully saturated rings. The summed E-state index contributed by atoms with van der Waals surface area (Å²) in [5.41, 5.74) is -0.796. The second-order valence-corrected chi connectivity index (χ2v) is 5.20. The molecule has 1 rings (SSSR count). The van der Waals surface area contributed by atoms with Crippen molar-refractivity contribution in [3.63, 3.8) is 0 Å². The Bertz CT molecular complexity index is 331. The number of nitrogens with zero attached hydrogens (tertiary/aromatic N) is 1. The van der Waals surface area contributed by atoms with Gasteiger partial charge in [-0.1, -0.05) is 0 Å². The number of ether oxygens (including phenoxy) is 2. The van der Waals surface area contributed by atoms with E-state index in [0.29, 0.717) is 32.8 Å². The molecule has 1 N–H and O–H groups in total. The zero-order chi connectivity index (χ0) is 14.5. The fourth-order valence-corrected chi connectivity index (χ4v) is 2.03. The summed E-state index contributed by atoms with van der Waals surface area (Å²) in [5.74, 6) is -0.151. The number of methoxy groups -OCH3 is 1. The number of amides is 2. The number of piperazine rings is 1. The summed E-state index contributed by atoms with van der Waals surface area (Å²) < 4.78 is 10.2. The van der Waals surface area contributed by atoms with Gasteiger partial charge in [0.1, 0.15) is 11.6 Å². The predicted octanol–water partition coefficient (Wildman–Crippen LogP) is 0.165. The second kappa shape index (κ2) is 6.86. The van der Waals surface area contributed by atoms with E-state index >= 15 is 0 Å². The molecule has 19 heavy (non-hydrogen) atoms. The van der Waals surface area contributed by atoms with Gasteiger partial charge in [-0.05, 0) is 27.2 Å². The first-order valence-electron chi connectivity index (χ1n) is 6.60. The molecule has 0 aromatic rings. The highest BCUT2D eigenvalue weighted by Gasteiger charge is 2.44. The van der Waals surface area contributed by atoms with Gasteiger partial charge in [-0.15, -0.1) is 0 Å². The average molecular weight is 272 g/mol. The van der Waals surface area contributed by atoms with Crippen molar-refractivity contribution in [2.75, 3.05) is 33.5 Å². The van der Waals surface area contributed by atoms with Crippen molar-refractivity contribution in [1.82, 2.24) is 10.2 Å². The van der Waals surface area contributed by atoms with Crippen molar-refractivity contribution >= 4 is 11.8 Å². The molecule has 2 amide bonds. The monoisotopic (exact) mass is 272 g/mol. The van der Waals surface area contributed by atoms with Crippen LogP contribution in [-0.4, -0.2) is 61.8 Å². The molecule has 1 unspecified atom stereocenters. The molecule has 0 aromatic carbocycles. The van der Waals surface area contributed by atoms with Crippen LogP contribution in [0.15, 0.2) is 0 Å². The molecule has 1 aliphatic heterocycles. The number of nitrogens with one attached hydrogen (secondary N) is 1. The third-order valence-corrected chi connectivity index (χ3v) is 3.32. The van der Waals surface area contributed by atoms with Crippen molar-refractivity contribution in [1.29, 1.82) is 0 Å². The third-order valence-electron chi connectivity index (χ3n) is 3.32. The van der Waals surface area contributed by atoms with E-state index in [1.165, 1.54) is 0 Å². The normalized spacial score (nSPS) is 22.5. The molecule has 0 aliphatic carbocycles. The third kappa shape index (κ3) is 3.91. The standard InChI is InChI=1S/C13H24N2O4/c1-10-11(16)15(13(2,3)12(17)14-10)6-5-7-19-9-8-18-4/h10H,5-9H2,1-4H3,(H,14,17). The molecule has 0 aromatic heterocycles. The van der Waals surface area contributed by atoms with Crippen LogP contribution in [0.2, 0.25) is 0 Å². The van der Waals surface area contributed by atoms with Crippen LogP contribution in [0.4, 0.5) is 0 Å². The first-order valence-corrected chi connectivity index (χ1v) is 6.60. The maximum Gasteiger partial charge on any atom is 0.246 e. The number of carbonyl (C=O) groups excluding carboxylic acids is 2. The summed E-state index contributed by atoms with van der Waals surface area (Å²) >= 11 is 0. The highest BCUT2D eigenvalue weighted by atomic mass is 16.5. The molecule has 6 heteroatoms. The van der Waals surface area contributed by atoms with Crippen LogP contribution in [0, 0.1) is 0 Å². The summed E-state index contributed by atoms with van der Waals surface area (Å²) in [7, 11) is 1.62. The lowest BCUT2D eigenvalue weighted by Gasteiger charge is -2.43. The Morgan fingerprint density at radius 3 is 2.58 bits per heavy atom. The minimum atomic E-state index is -0.796. The number of rotatable bonds is 7. The molecule has 0 radical (unpaired) electrons. The first-order chi connectivity index (χ1) is 8.91. The first kappa shape index (κ1) is 15.9. The highest BCUT2D eigenvalue weighted by molar-refractivity contribution is 5.99. The number of hydrogen-bond acceptors (Lipinski definition) is 4. The van der Waals surface area contributed by atoms with Crippen LogP contribution >= 0.6 is 0 Å². The molecule has 1 saturated heterocycles. The van der Waals surface area contributed by atoms with Gasteiger partial charge in [-0.25, -0.2) is 0 Å². The predicted molar refractivity (Wildman–Crippen MR) is 70.7 cm³/mol. The zero-order valence-corrected chi connectivity index (χ0v) is 12.2. The Kier molecular flexibility index (Phi) is 5.75. The summed E-state index contributed by atoms with van der Waals surface area (Å²) in [5, 5.41) is 2.69. The molecule has 6 nitrogen and oxygen atoms in total. The van der Waals surface area contributed by atoms with Crippen molar-refractivity contribution in [2.24, 2.45) is 0 Å². The Balaban J connectivity index is 2.44. The molecular formula is C13H24N2O4. The number of hydrogen-bond donors (Lipinski definition) is 1. The van der Waals surface area contributed by atoms with Gasteiger partial charge in [0.05, 0.1) is 13.2 Å². The van der Waals surface area contributed by atoms with E-state index in [9.17, 15) is 9.59 Å². The maximum absolute atomic E-state index is 12.1. The minimum Gasteiger partial charge on any atom is -0.382 e. The van der Waals surface area contributed by atoms with Gasteiger partial charge in [0.15, 0.2) is 0 Å². The van der Waals surface area contributed by atoms with Crippen molar-refractivity contribution < 1.29 is 19.1 Å². The van der Waals surface area contributed by atoms with Crippen LogP contribution in [-0.2, 0) is 19.1 Å². The second-order valence-electron chi connectivity index (χ2n) is 5.20. The smallest absolute Gasteiger partial charge is 0.246 e. The van der Waals surface area contributed by atoms with Crippen LogP contribution in [0.5, 0.6) is 0 Å². The van der Waals surface area contributed by atoms with Gasteiger partial charge >= 0.3 is 0 Å². The quantitative estimate of drug-likeness (QED) is 0.671. The molecule has 1 aliphatic rings. The van der Waals surface area contributed by atoms with Crippen LogP contribution in [0.3, 0.4) is 0 Å². The fraction of sp³-hybridized carbons (Fsp3) is 0.846. The SMILES string of the molecule is COCCOCCCN1C(=O)C(C)NC(=O)C1(C)C. The topological polar surface area (TPSA) is 67.9 Å². The van der Waals surface area contributed by atoms with Gasteiger partial charge < -0.3 is 19.7 Å². The Morgan fingerprint density at radius 2 is 1.95 bits per heavy atom. The minimum absolute atomic E-state index is 0.0403. The van der Waals surface area contributed by atoms with Gasteiger partial charge in [-0.2, -0.15) is 0 Å². The van der Waals surface area contributed by atoms with E-state index in [1.807, 2.05) is 0 Å². The van der Waals surface area contributed by atoms with Gasteiger partial charge in [0.2, 0.25) is 11.8 Å². The average Bonchev–Trinajstić information content (AvgIpc) is 2.35. The van der Waals surface area contributed by atoms with Gasteiger partial charge in [-0.3, -0.25) is 9.59 Å². The molecule has 0 bridgehead atoms. The van der Waals surface area contributed by atoms with Gasteiger partial charge in [0, 0.05) is 20.3 Å². The lowest BCUT2D eigenvalue weighted by atomic mass is 9.96. The molecule has 0 saturated carbocycles. The molecule has 1 atom stereocenters. The summed E-state index contributed by atoms with van der Waals surface area (Å²) in [6, 6.07) is -0.449. The molecule has 110 valence electrons. The van der Waals surface area contributed by atoms with E-state index in [2.05, 4.69) is 5.32 Å². The summed E-state index contributed by atoms with van der Waals surface area (Å²) in [4.78, 5) is 25.6. The van der Waals surface area contributed by atoms with Crippen molar-refractivity contribution in [3.8, 4) is 0 Å². The Hall–Kier alpha value is -1.14. The Labute approximate surface area is 114 Å². The van der Waals surface area contributed by atoms with Crippen LogP contribution in [0.25, 0.3) is 0 Å². The van der Waals surface area contributed by atoms with Crippen LogP contribution < -0.4 is 5.32 Å². The molecule has 1 heterocycles. The van der Waals surface area contributed by atoms with E-state index in [1.54, 1.807) is 32.8 Å². The lowest BCUT2D eigenvalue weighted by molar-refractivity contribution is -0.155. The van der Waals surface area contributed by atoms with E-state index in [4.69, 9.17) is 9.47 Å². The van der Waals surface area contributed by atoms with Crippen LogP contribution in [0.1, 0.15) is 27.2 Å². The molecular weight excluding hydrogens is 248 g/mol. The molecule has 0 spiro atoms. The van der Waals surface area contributed by atoms with Crippen molar-refractivity contribution in [2.45, 2.75) is 38.8 Å². The Morgan fingerprint density at radius 1 is 1.26 bits per heavy atom. The number of carbonyl (C=O) groups is 2. The van der Waals surface area contributed by atoms with E-state index in [0.717, 1.165) is 0 Å². The lowest BCUT2D eigenvalue weighted by Crippen LogP contribution is -2.67.